The highest BCUT2D eigenvalue weighted by Crippen LogP contribution is 2.39. The monoisotopic (exact) mass is 227 g/mol. The minimum Gasteiger partial charge on any atom is -0.359 e. The maximum absolute atomic E-state index is 5.51. The highest BCUT2D eigenvalue weighted by Gasteiger charge is 2.32. The average molecular weight is 227 g/mol. The van der Waals surface area contributed by atoms with Crippen molar-refractivity contribution in [2.45, 2.75) is 57.4 Å². The van der Waals surface area contributed by atoms with Crippen molar-refractivity contribution >= 4 is 11.8 Å². The quantitative estimate of drug-likeness (QED) is 0.678. The van der Waals surface area contributed by atoms with Crippen molar-refractivity contribution in [3.63, 3.8) is 0 Å². The predicted octanol–water partition coefficient (Wildman–Crippen LogP) is 3.99. The molecule has 0 fully saturated rings. The van der Waals surface area contributed by atoms with E-state index in [1.807, 2.05) is 6.26 Å². The molecule has 0 radical (unpaired) electrons. The first kappa shape index (κ1) is 12.6. The van der Waals surface area contributed by atoms with E-state index in [1.165, 1.54) is 5.56 Å². The fourth-order valence-electron chi connectivity index (χ4n) is 1.59. The molecular formula is C12H21NOS. The van der Waals surface area contributed by atoms with Crippen LogP contribution in [-0.4, -0.2) is 11.4 Å². The molecule has 0 amide bonds. The molecule has 15 heavy (non-hydrogen) atoms. The molecule has 1 rings (SSSR count). The summed E-state index contributed by atoms with van der Waals surface area (Å²) in [5.41, 5.74) is 1.35. The van der Waals surface area contributed by atoms with Crippen molar-refractivity contribution in [2.24, 2.45) is 0 Å². The summed E-state index contributed by atoms with van der Waals surface area (Å²) in [5.74, 6) is 1.01. The Bertz CT molecular complexity index is 341. The number of aromatic nitrogens is 1. The van der Waals surface area contributed by atoms with Crippen molar-refractivity contribution in [1.82, 2.24) is 5.16 Å². The Morgan fingerprint density at radius 1 is 1.00 bits per heavy atom. The van der Waals surface area contributed by atoms with E-state index in [4.69, 9.17) is 4.52 Å². The molecule has 1 aromatic rings. The molecule has 0 saturated heterocycles. The second-order valence-corrected chi connectivity index (χ2v) is 6.69. The maximum atomic E-state index is 5.51. The summed E-state index contributed by atoms with van der Waals surface area (Å²) >= 11 is 1.65. The first-order valence-electron chi connectivity index (χ1n) is 5.22. The molecule has 0 aliphatic rings. The van der Waals surface area contributed by atoms with Gasteiger partial charge in [0.05, 0.1) is 0 Å². The predicted molar refractivity (Wildman–Crippen MR) is 65.7 cm³/mol. The summed E-state index contributed by atoms with van der Waals surface area (Å²) in [6, 6.07) is 0. The van der Waals surface area contributed by atoms with Gasteiger partial charge in [0.25, 0.3) is 0 Å². The van der Waals surface area contributed by atoms with Crippen LogP contribution in [0.15, 0.2) is 9.55 Å². The third-order valence-electron chi connectivity index (χ3n) is 2.29. The van der Waals surface area contributed by atoms with Crippen LogP contribution in [0.2, 0.25) is 0 Å². The largest absolute Gasteiger partial charge is 0.359 e. The summed E-state index contributed by atoms with van der Waals surface area (Å²) in [6.07, 6.45) is 2.04. The highest BCUT2D eigenvalue weighted by molar-refractivity contribution is 7.98. The Morgan fingerprint density at radius 2 is 1.53 bits per heavy atom. The van der Waals surface area contributed by atoms with Crippen LogP contribution in [0.5, 0.6) is 0 Å². The van der Waals surface area contributed by atoms with Gasteiger partial charge < -0.3 is 4.52 Å². The van der Waals surface area contributed by atoms with E-state index in [0.29, 0.717) is 0 Å². The smallest absolute Gasteiger partial charge is 0.146 e. The molecule has 0 spiro atoms. The lowest BCUT2D eigenvalue weighted by Gasteiger charge is -2.24. The molecule has 2 nitrogen and oxygen atoms in total. The second kappa shape index (κ2) is 3.85. The second-order valence-electron chi connectivity index (χ2n) is 5.90. The number of nitrogens with zero attached hydrogens (tertiary/aromatic N) is 1. The van der Waals surface area contributed by atoms with Crippen LogP contribution in [0.1, 0.15) is 52.9 Å². The Balaban J connectivity index is 3.37. The Hall–Kier alpha value is -0.440. The molecule has 3 heteroatoms. The molecule has 0 bridgehead atoms. The summed E-state index contributed by atoms with van der Waals surface area (Å²) in [4.78, 5) is 0. The number of hydrogen-bond donors (Lipinski definition) is 0. The Labute approximate surface area is 96.8 Å². The summed E-state index contributed by atoms with van der Waals surface area (Å²) in [6.45, 7) is 13.1. The molecule has 0 atom stereocenters. The van der Waals surface area contributed by atoms with Crippen LogP contribution in [0.3, 0.4) is 0 Å². The van der Waals surface area contributed by atoms with Gasteiger partial charge in [-0.05, 0) is 11.7 Å². The van der Waals surface area contributed by atoms with Crippen LogP contribution in [0, 0.1) is 0 Å². The van der Waals surface area contributed by atoms with Gasteiger partial charge in [-0.3, -0.25) is 0 Å². The van der Waals surface area contributed by atoms with Crippen molar-refractivity contribution in [3.8, 4) is 0 Å². The van der Waals surface area contributed by atoms with Crippen LogP contribution < -0.4 is 0 Å². The van der Waals surface area contributed by atoms with Crippen LogP contribution in [0.4, 0.5) is 0 Å². The molecule has 0 aromatic carbocycles. The standard InChI is InChI=1S/C12H21NOS/c1-11(2,3)8-9(12(4,5)6)14-13-10(8)15-7/h1-7H3. The normalized spacial score (nSPS) is 13.3. The number of rotatable bonds is 1. The van der Waals surface area contributed by atoms with Crippen molar-refractivity contribution < 1.29 is 4.52 Å². The lowest BCUT2D eigenvalue weighted by Crippen LogP contribution is -2.20. The lowest BCUT2D eigenvalue weighted by molar-refractivity contribution is 0.317. The van der Waals surface area contributed by atoms with Crippen LogP contribution in [0.25, 0.3) is 0 Å². The molecule has 1 aromatic heterocycles. The summed E-state index contributed by atoms with van der Waals surface area (Å²) in [5, 5.41) is 5.18. The van der Waals surface area contributed by atoms with Gasteiger partial charge in [0.1, 0.15) is 10.8 Å². The zero-order valence-corrected chi connectivity index (χ0v) is 11.6. The molecular weight excluding hydrogens is 206 g/mol. The third kappa shape index (κ3) is 2.57. The zero-order valence-electron chi connectivity index (χ0n) is 10.8. The van der Waals surface area contributed by atoms with E-state index in [-0.39, 0.29) is 10.8 Å². The molecule has 0 aliphatic heterocycles. The number of hydrogen-bond acceptors (Lipinski definition) is 3. The van der Waals surface area contributed by atoms with Gasteiger partial charge in [-0.1, -0.05) is 46.7 Å². The zero-order chi connectivity index (χ0) is 11.9. The minimum absolute atomic E-state index is 0.0175. The maximum Gasteiger partial charge on any atom is 0.146 e. The van der Waals surface area contributed by atoms with E-state index in [2.05, 4.69) is 46.7 Å². The molecule has 1 heterocycles. The molecule has 0 aliphatic carbocycles. The van der Waals surface area contributed by atoms with Crippen molar-refractivity contribution in [2.75, 3.05) is 6.26 Å². The SMILES string of the molecule is CSc1noc(C(C)(C)C)c1C(C)(C)C. The molecule has 0 N–H and O–H groups in total. The average Bonchev–Trinajstić information content (AvgIpc) is 2.44. The molecule has 0 unspecified atom stereocenters. The Morgan fingerprint density at radius 3 is 1.87 bits per heavy atom. The van der Waals surface area contributed by atoms with Gasteiger partial charge in [0.15, 0.2) is 0 Å². The molecule has 86 valence electrons. The van der Waals surface area contributed by atoms with Gasteiger partial charge in [0, 0.05) is 11.0 Å². The highest BCUT2D eigenvalue weighted by atomic mass is 32.2. The first-order valence-corrected chi connectivity index (χ1v) is 6.45. The van der Waals surface area contributed by atoms with E-state index in [1.54, 1.807) is 11.8 Å². The Kier molecular flexibility index (Phi) is 3.24. The van der Waals surface area contributed by atoms with E-state index < -0.39 is 0 Å². The van der Waals surface area contributed by atoms with E-state index in [0.717, 1.165) is 10.8 Å². The topological polar surface area (TPSA) is 26.0 Å². The van der Waals surface area contributed by atoms with Gasteiger partial charge in [-0.15, -0.1) is 11.8 Å². The summed E-state index contributed by atoms with van der Waals surface area (Å²) < 4.78 is 5.51. The third-order valence-corrected chi connectivity index (χ3v) is 2.95. The van der Waals surface area contributed by atoms with E-state index in [9.17, 15) is 0 Å². The molecule has 0 saturated carbocycles. The van der Waals surface area contributed by atoms with Crippen molar-refractivity contribution in [3.05, 3.63) is 11.3 Å². The fourth-order valence-corrected chi connectivity index (χ4v) is 2.30. The fraction of sp³-hybridized carbons (Fsp3) is 0.750. The van der Waals surface area contributed by atoms with Crippen LogP contribution in [-0.2, 0) is 10.8 Å². The summed E-state index contributed by atoms with van der Waals surface area (Å²) in [7, 11) is 0. The van der Waals surface area contributed by atoms with Gasteiger partial charge in [-0.2, -0.15) is 0 Å². The van der Waals surface area contributed by atoms with E-state index >= 15 is 0 Å². The van der Waals surface area contributed by atoms with Gasteiger partial charge in [0.2, 0.25) is 0 Å². The number of thioether (sulfide) groups is 1. The van der Waals surface area contributed by atoms with Gasteiger partial charge >= 0.3 is 0 Å². The van der Waals surface area contributed by atoms with Gasteiger partial charge in [-0.25, -0.2) is 0 Å². The van der Waals surface area contributed by atoms with Crippen LogP contribution >= 0.6 is 11.8 Å². The lowest BCUT2D eigenvalue weighted by atomic mass is 9.80. The van der Waals surface area contributed by atoms with Crippen molar-refractivity contribution in [1.29, 1.82) is 0 Å². The minimum atomic E-state index is 0.0175. The first-order chi connectivity index (χ1) is 6.68.